The Kier molecular flexibility index (Phi) is 5.01. The van der Waals surface area contributed by atoms with Gasteiger partial charge in [-0.25, -0.2) is 4.39 Å². The lowest BCUT2D eigenvalue weighted by Crippen LogP contribution is -2.33. The Morgan fingerprint density at radius 2 is 1.78 bits per heavy atom. The van der Waals surface area contributed by atoms with E-state index in [2.05, 4.69) is 17.4 Å². The molecule has 3 rings (SSSR count). The normalized spacial score (nSPS) is 15.2. The molecule has 0 radical (unpaired) electrons. The monoisotopic (exact) mass is 329 g/mol. The number of carbonyl (C=O) groups is 1. The van der Waals surface area contributed by atoms with Crippen LogP contribution < -0.4 is 5.32 Å². The van der Waals surface area contributed by atoms with Gasteiger partial charge in [-0.1, -0.05) is 42.5 Å². The molecule has 0 aromatic heterocycles. The van der Waals surface area contributed by atoms with Crippen molar-refractivity contribution in [2.45, 2.75) is 24.0 Å². The van der Waals surface area contributed by atoms with Crippen molar-refractivity contribution in [2.75, 3.05) is 12.3 Å². The zero-order valence-corrected chi connectivity index (χ0v) is 13.7. The second kappa shape index (κ2) is 7.18. The van der Waals surface area contributed by atoms with E-state index in [-0.39, 0.29) is 17.1 Å². The average Bonchev–Trinajstić information content (AvgIpc) is 3.36. The first-order valence-electron chi connectivity index (χ1n) is 7.82. The van der Waals surface area contributed by atoms with Gasteiger partial charge in [0.25, 0.3) is 0 Å². The summed E-state index contributed by atoms with van der Waals surface area (Å²) in [5.41, 5.74) is 2.37. The van der Waals surface area contributed by atoms with E-state index in [1.54, 1.807) is 11.8 Å². The Labute approximate surface area is 140 Å². The summed E-state index contributed by atoms with van der Waals surface area (Å²) in [6.07, 6.45) is 2.10. The summed E-state index contributed by atoms with van der Waals surface area (Å²) in [5.74, 6) is 1.16. The van der Waals surface area contributed by atoms with Crippen molar-refractivity contribution in [1.82, 2.24) is 5.32 Å². The number of hydrogen-bond acceptors (Lipinski definition) is 2. The van der Waals surface area contributed by atoms with Crippen LogP contribution in [0.1, 0.15) is 24.0 Å². The molecule has 120 valence electrons. The molecule has 1 N–H and O–H groups in total. The maximum atomic E-state index is 13.0. The third-order valence-electron chi connectivity index (χ3n) is 4.28. The van der Waals surface area contributed by atoms with Gasteiger partial charge in [-0.05, 0) is 36.1 Å². The van der Waals surface area contributed by atoms with Gasteiger partial charge in [0.05, 0.1) is 5.75 Å². The molecule has 0 spiro atoms. The van der Waals surface area contributed by atoms with Crippen LogP contribution in [0.5, 0.6) is 0 Å². The summed E-state index contributed by atoms with van der Waals surface area (Å²) in [4.78, 5) is 12.0. The van der Waals surface area contributed by atoms with Gasteiger partial charge in [0.2, 0.25) is 5.91 Å². The fraction of sp³-hybridized carbons (Fsp3) is 0.316. The smallest absolute Gasteiger partial charge is 0.230 e. The predicted octanol–water partition coefficient (Wildman–Crippen LogP) is 3.91. The minimum absolute atomic E-state index is 0.0213. The second-order valence-electron chi connectivity index (χ2n) is 6.04. The fourth-order valence-electron chi connectivity index (χ4n) is 2.68. The van der Waals surface area contributed by atoms with Gasteiger partial charge in [-0.3, -0.25) is 4.79 Å². The van der Waals surface area contributed by atoms with Crippen molar-refractivity contribution in [3.05, 3.63) is 71.5 Å². The highest BCUT2D eigenvalue weighted by Gasteiger charge is 2.44. The highest BCUT2D eigenvalue weighted by atomic mass is 32.2. The van der Waals surface area contributed by atoms with Crippen LogP contribution >= 0.6 is 11.8 Å². The minimum atomic E-state index is -0.217. The summed E-state index contributed by atoms with van der Waals surface area (Å²) in [5, 5.41) is 3.03. The van der Waals surface area contributed by atoms with Crippen molar-refractivity contribution in [1.29, 1.82) is 0 Å². The van der Waals surface area contributed by atoms with E-state index in [1.807, 2.05) is 30.3 Å². The molecule has 4 heteroatoms. The van der Waals surface area contributed by atoms with E-state index in [4.69, 9.17) is 0 Å². The van der Waals surface area contributed by atoms with Crippen LogP contribution in [-0.2, 0) is 16.0 Å². The summed E-state index contributed by atoms with van der Waals surface area (Å²) in [6.45, 7) is 0.642. The van der Waals surface area contributed by atoms with E-state index >= 15 is 0 Å². The van der Waals surface area contributed by atoms with Gasteiger partial charge in [0, 0.05) is 17.7 Å². The lowest BCUT2D eigenvalue weighted by molar-refractivity contribution is -0.118. The van der Waals surface area contributed by atoms with E-state index in [9.17, 15) is 9.18 Å². The van der Waals surface area contributed by atoms with E-state index in [1.165, 1.54) is 17.7 Å². The van der Waals surface area contributed by atoms with Crippen molar-refractivity contribution < 1.29 is 9.18 Å². The molecule has 1 amide bonds. The molecular formula is C19H20FNOS. The number of benzene rings is 2. The SMILES string of the molecule is O=C(CSCc1ccccc1)NCC1(c2ccc(F)cc2)CC1. The Morgan fingerprint density at radius 1 is 1.09 bits per heavy atom. The van der Waals surface area contributed by atoms with Gasteiger partial charge < -0.3 is 5.32 Å². The average molecular weight is 329 g/mol. The molecule has 0 atom stereocenters. The van der Waals surface area contributed by atoms with Crippen LogP contribution in [0.3, 0.4) is 0 Å². The third kappa shape index (κ3) is 4.35. The first kappa shape index (κ1) is 16.1. The predicted molar refractivity (Wildman–Crippen MR) is 92.9 cm³/mol. The number of amides is 1. The molecule has 1 fully saturated rings. The maximum Gasteiger partial charge on any atom is 0.230 e. The van der Waals surface area contributed by atoms with E-state index in [0.717, 1.165) is 24.2 Å². The molecule has 1 saturated carbocycles. The van der Waals surface area contributed by atoms with Crippen LogP contribution in [0.2, 0.25) is 0 Å². The molecular weight excluding hydrogens is 309 g/mol. The number of halogens is 1. The summed E-state index contributed by atoms with van der Waals surface area (Å²) < 4.78 is 13.0. The summed E-state index contributed by atoms with van der Waals surface area (Å²) in [6, 6.07) is 16.8. The highest BCUT2D eigenvalue weighted by molar-refractivity contribution is 7.99. The third-order valence-corrected chi connectivity index (χ3v) is 5.28. The number of rotatable bonds is 7. The largest absolute Gasteiger partial charge is 0.354 e. The number of nitrogens with one attached hydrogen (secondary N) is 1. The lowest BCUT2D eigenvalue weighted by atomic mass is 9.96. The van der Waals surface area contributed by atoms with Crippen LogP contribution in [0.15, 0.2) is 54.6 Å². The molecule has 0 bridgehead atoms. The summed E-state index contributed by atoms with van der Waals surface area (Å²) in [7, 11) is 0. The molecule has 0 aliphatic heterocycles. The van der Waals surface area contributed by atoms with Gasteiger partial charge in [0.15, 0.2) is 0 Å². The zero-order valence-electron chi connectivity index (χ0n) is 12.9. The fourth-order valence-corrected chi connectivity index (χ4v) is 3.49. The molecule has 2 aromatic rings. The van der Waals surface area contributed by atoms with Crippen molar-refractivity contribution in [3.8, 4) is 0 Å². The van der Waals surface area contributed by atoms with Gasteiger partial charge in [-0.2, -0.15) is 0 Å². The number of carbonyl (C=O) groups excluding carboxylic acids is 1. The first-order valence-corrected chi connectivity index (χ1v) is 8.98. The quantitative estimate of drug-likeness (QED) is 0.834. The Hall–Kier alpha value is -1.81. The van der Waals surface area contributed by atoms with Crippen molar-refractivity contribution in [2.24, 2.45) is 0 Å². The molecule has 1 aliphatic carbocycles. The number of hydrogen-bond donors (Lipinski definition) is 1. The zero-order chi connectivity index (χ0) is 16.1. The molecule has 0 heterocycles. The van der Waals surface area contributed by atoms with Crippen molar-refractivity contribution in [3.63, 3.8) is 0 Å². The topological polar surface area (TPSA) is 29.1 Å². The minimum Gasteiger partial charge on any atom is -0.354 e. The van der Waals surface area contributed by atoms with Gasteiger partial charge in [-0.15, -0.1) is 11.8 Å². The van der Waals surface area contributed by atoms with E-state index in [0.29, 0.717) is 12.3 Å². The molecule has 2 aromatic carbocycles. The Balaban J connectivity index is 1.43. The molecule has 0 saturated heterocycles. The van der Waals surface area contributed by atoms with E-state index < -0.39 is 0 Å². The molecule has 1 aliphatic rings. The van der Waals surface area contributed by atoms with Crippen molar-refractivity contribution >= 4 is 17.7 Å². The lowest BCUT2D eigenvalue weighted by Gasteiger charge is -2.16. The highest BCUT2D eigenvalue weighted by Crippen LogP contribution is 2.47. The first-order chi connectivity index (χ1) is 11.2. The molecule has 2 nitrogen and oxygen atoms in total. The molecule has 0 unspecified atom stereocenters. The summed E-state index contributed by atoms with van der Waals surface area (Å²) >= 11 is 1.62. The Bertz CT molecular complexity index is 653. The van der Waals surface area contributed by atoms with Crippen LogP contribution in [0.4, 0.5) is 4.39 Å². The van der Waals surface area contributed by atoms with Crippen LogP contribution in [-0.4, -0.2) is 18.2 Å². The Morgan fingerprint density at radius 3 is 2.43 bits per heavy atom. The van der Waals surface area contributed by atoms with Crippen LogP contribution in [0.25, 0.3) is 0 Å². The second-order valence-corrected chi connectivity index (χ2v) is 7.03. The standard InChI is InChI=1S/C19H20FNOS/c20-17-8-6-16(7-9-17)19(10-11-19)14-21-18(22)13-23-12-15-4-2-1-3-5-15/h1-9H,10-14H2,(H,21,22). The number of thioether (sulfide) groups is 1. The van der Waals surface area contributed by atoms with Gasteiger partial charge >= 0.3 is 0 Å². The maximum absolute atomic E-state index is 13.0. The molecule has 23 heavy (non-hydrogen) atoms. The van der Waals surface area contributed by atoms with Crippen LogP contribution in [0, 0.1) is 5.82 Å². The van der Waals surface area contributed by atoms with Gasteiger partial charge in [0.1, 0.15) is 5.82 Å².